The first-order valence-corrected chi connectivity index (χ1v) is 10.4. The number of thioether (sulfide) groups is 1. The molecule has 25 heavy (non-hydrogen) atoms. The van der Waals surface area contributed by atoms with Crippen molar-refractivity contribution in [3.8, 4) is 11.5 Å². The van der Waals surface area contributed by atoms with Gasteiger partial charge in [0, 0.05) is 6.54 Å². The van der Waals surface area contributed by atoms with Gasteiger partial charge in [-0.25, -0.2) is 0 Å². The highest BCUT2D eigenvalue weighted by molar-refractivity contribution is 8.00. The molecule has 1 aromatic rings. The van der Waals surface area contributed by atoms with Crippen LogP contribution < -0.4 is 9.47 Å². The largest absolute Gasteiger partial charge is 0.486 e. The van der Waals surface area contributed by atoms with E-state index >= 15 is 0 Å². The van der Waals surface area contributed by atoms with Gasteiger partial charge in [0.1, 0.15) is 18.6 Å². The molecule has 0 aliphatic carbocycles. The first-order chi connectivity index (χ1) is 12.3. The number of amides is 1. The average Bonchev–Trinajstić information content (AvgIpc) is 3.03. The zero-order valence-electron chi connectivity index (χ0n) is 14.6. The van der Waals surface area contributed by atoms with Crippen molar-refractivity contribution in [2.45, 2.75) is 31.1 Å². The third-order valence-electron chi connectivity index (χ3n) is 5.14. The fourth-order valence-corrected chi connectivity index (χ4v) is 5.04. The number of hydrogen-bond acceptors (Lipinski definition) is 5. The summed E-state index contributed by atoms with van der Waals surface area (Å²) in [5.41, 5.74) is 1.14. The molecule has 0 saturated carbocycles. The molecule has 1 unspecified atom stereocenters. The summed E-state index contributed by atoms with van der Waals surface area (Å²) in [6.45, 7) is 5.56. The van der Waals surface area contributed by atoms with Crippen LogP contribution in [0.25, 0.3) is 0 Å². The van der Waals surface area contributed by atoms with E-state index in [1.165, 1.54) is 32.4 Å². The van der Waals surface area contributed by atoms with Crippen LogP contribution in [-0.2, 0) is 4.79 Å². The van der Waals surface area contributed by atoms with E-state index in [0.29, 0.717) is 19.0 Å². The third kappa shape index (κ3) is 3.90. The lowest BCUT2D eigenvalue weighted by molar-refractivity contribution is -0.128. The molecule has 0 N–H and O–H groups in total. The molecular weight excluding hydrogens is 336 g/mol. The summed E-state index contributed by atoms with van der Waals surface area (Å²) in [4.78, 5) is 16.9. The Hall–Kier alpha value is -1.40. The van der Waals surface area contributed by atoms with Crippen LogP contribution in [-0.4, -0.2) is 60.9 Å². The van der Waals surface area contributed by atoms with Crippen LogP contribution in [0.2, 0.25) is 0 Å². The first kappa shape index (κ1) is 17.0. The molecule has 4 rings (SSSR count). The molecule has 3 heterocycles. The fraction of sp³-hybridized carbons (Fsp3) is 0.632. The molecule has 2 saturated heterocycles. The van der Waals surface area contributed by atoms with Crippen molar-refractivity contribution in [1.82, 2.24) is 9.80 Å². The van der Waals surface area contributed by atoms with Crippen molar-refractivity contribution in [1.29, 1.82) is 0 Å². The van der Waals surface area contributed by atoms with Gasteiger partial charge in [-0.1, -0.05) is 12.5 Å². The van der Waals surface area contributed by atoms with Gasteiger partial charge in [-0.05, 0) is 56.6 Å². The van der Waals surface area contributed by atoms with E-state index in [2.05, 4.69) is 11.0 Å². The zero-order chi connectivity index (χ0) is 17.1. The van der Waals surface area contributed by atoms with E-state index in [-0.39, 0.29) is 11.3 Å². The maximum absolute atomic E-state index is 12.4. The molecule has 0 bridgehead atoms. The number of hydrogen-bond donors (Lipinski definition) is 0. The SMILES string of the molecule is O=C1CSC(c2ccc3c(c2)OCCO3)N1CCCN1CCCCC1. The molecule has 3 aliphatic rings. The number of piperidine rings is 1. The van der Waals surface area contributed by atoms with Gasteiger partial charge >= 0.3 is 0 Å². The summed E-state index contributed by atoms with van der Waals surface area (Å²) < 4.78 is 11.3. The number of carbonyl (C=O) groups is 1. The van der Waals surface area contributed by atoms with Crippen molar-refractivity contribution in [3.63, 3.8) is 0 Å². The van der Waals surface area contributed by atoms with Gasteiger partial charge < -0.3 is 19.3 Å². The fourth-order valence-electron chi connectivity index (χ4n) is 3.83. The number of rotatable bonds is 5. The summed E-state index contributed by atoms with van der Waals surface area (Å²) in [5, 5.41) is 0.102. The van der Waals surface area contributed by atoms with Crippen LogP contribution >= 0.6 is 11.8 Å². The molecule has 0 spiro atoms. The van der Waals surface area contributed by atoms with Gasteiger partial charge in [-0.15, -0.1) is 11.8 Å². The van der Waals surface area contributed by atoms with Gasteiger partial charge in [0.2, 0.25) is 5.91 Å². The second kappa shape index (κ2) is 7.87. The highest BCUT2D eigenvalue weighted by atomic mass is 32.2. The van der Waals surface area contributed by atoms with E-state index in [1.807, 2.05) is 17.0 Å². The summed E-state index contributed by atoms with van der Waals surface area (Å²) in [5.74, 6) is 2.43. The van der Waals surface area contributed by atoms with E-state index in [9.17, 15) is 4.79 Å². The Morgan fingerprint density at radius 2 is 1.84 bits per heavy atom. The molecule has 6 heteroatoms. The molecule has 2 fully saturated rings. The quantitative estimate of drug-likeness (QED) is 0.806. The van der Waals surface area contributed by atoms with Crippen molar-refractivity contribution >= 4 is 17.7 Å². The molecule has 1 aromatic carbocycles. The normalized spacial score (nSPS) is 23.9. The van der Waals surface area contributed by atoms with E-state index in [4.69, 9.17) is 9.47 Å². The number of nitrogens with zero attached hydrogens (tertiary/aromatic N) is 2. The molecule has 3 aliphatic heterocycles. The number of ether oxygens (including phenoxy) is 2. The van der Waals surface area contributed by atoms with Gasteiger partial charge in [-0.3, -0.25) is 4.79 Å². The number of benzene rings is 1. The smallest absolute Gasteiger partial charge is 0.233 e. The van der Waals surface area contributed by atoms with Crippen LogP contribution in [0.3, 0.4) is 0 Å². The van der Waals surface area contributed by atoms with Gasteiger partial charge in [0.25, 0.3) is 0 Å². The third-order valence-corrected chi connectivity index (χ3v) is 6.40. The number of carbonyl (C=O) groups excluding carboxylic acids is 1. The molecule has 0 radical (unpaired) electrons. The Morgan fingerprint density at radius 1 is 1.04 bits per heavy atom. The van der Waals surface area contributed by atoms with E-state index < -0.39 is 0 Å². The maximum atomic E-state index is 12.4. The molecular formula is C19H26N2O3S. The summed E-state index contributed by atoms with van der Waals surface area (Å²) in [6, 6.07) is 6.09. The van der Waals surface area contributed by atoms with Crippen LogP contribution in [0.15, 0.2) is 18.2 Å². The lowest BCUT2D eigenvalue weighted by Crippen LogP contribution is -2.34. The number of likely N-dealkylation sites (tertiary alicyclic amines) is 1. The maximum Gasteiger partial charge on any atom is 0.233 e. The summed E-state index contributed by atoms with van der Waals surface area (Å²) >= 11 is 1.71. The van der Waals surface area contributed by atoms with Crippen LogP contribution in [0.4, 0.5) is 0 Å². The summed E-state index contributed by atoms with van der Waals surface area (Å²) in [6.07, 6.45) is 5.05. The Balaban J connectivity index is 1.39. The first-order valence-electron chi connectivity index (χ1n) is 9.34. The summed E-state index contributed by atoms with van der Waals surface area (Å²) in [7, 11) is 0. The highest BCUT2D eigenvalue weighted by Crippen LogP contribution is 2.42. The van der Waals surface area contributed by atoms with Crippen molar-refractivity contribution in [3.05, 3.63) is 23.8 Å². The second-order valence-corrected chi connectivity index (χ2v) is 7.98. The monoisotopic (exact) mass is 362 g/mol. The second-order valence-electron chi connectivity index (χ2n) is 6.91. The standard InChI is InChI=1S/C19H26N2O3S/c22-18-14-25-19(15-5-6-16-17(13-15)24-12-11-23-16)21(18)10-4-9-20-7-2-1-3-8-20/h5-6,13,19H,1-4,7-12,14H2. The molecule has 136 valence electrons. The van der Waals surface area contributed by atoms with Crippen LogP contribution in [0.1, 0.15) is 36.6 Å². The van der Waals surface area contributed by atoms with Crippen molar-refractivity contribution < 1.29 is 14.3 Å². The number of fused-ring (bicyclic) bond motifs is 1. The molecule has 0 aromatic heterocycles. The van der Waals surface area contributed by atoms with Crippen LogP contribution in [0.5, 0.6) is 11.5 Å². The van der Waals surface area contributed by atoms with Gasteiger partial charge in [-0.2, -0.15) is 0 Å². The van der Waals surface area contributed by atoms with E-state index in [0.717, 1.165) is 36.6 Å². The molecule has 1 amide bonds. The van der Waals surface area contributed by atoms with Gasteiger partial charge in [0.05, 0.1) is 5.75 Å². The average molecular weight is 362 g/mol. The Morgan fingerprint density at radius 3 is 2.68 bits per heavy atom. The molecule has 1 atom stereocenters. The lowest BCUT2D eigenvalue weighted by Gasteiger charge is -2.29. The highest BCUT2D eigenvalue weighted by Gasteiger charge is 2.33. The van der Waals surface area contributed by atoms with Crippen LogP contribution in [0, 0.1) is 0 Å². The Bertz CT molecular complexity index is 619. The van der Waals surface area contributed by atoms with Crippen molar-refractivity contribution in [2.75, 3.05) is 45.1 Å². The Labute approximate surface area is 153 Å². The van der Waals surface area contributed by atoms with E-state index in [1.54, 1.807) is 11.8 Å². The Kier molecular flexibility index (Phi) is 5.36. The topological polar surface area (TPSA) is 42.0 Å². The molecule has 5 nitrogen and oxygen atoms in total. The van der Waals surface area contributed by atoms with Gasteiger partial charge in [0.15, 0.2) is 11.5 Å². The minimum Gasteiger partial charge on any atom is -0.486 e. The minimum atomic E-state index is 0.102. The predicted molar refractivity (Wildman–Crippen MR) is 99.3 cm³/mol. The minimum absolute atomic E-state index is 0.102. The zero-order valence-corrected chi connectivity index (χ0v) is 15.4. The van der Waals surface area contributed by atoms with Crippen molar-refractivity contribution in [2.24, 2.45) is 0 Å². The predicted octanol–water partition coefficient (Wildman–Crippen LogP) is 2.91. The lowest BCUT2D eigenvalue weighted by atomic mass is 10.1.